The predicted octanol–water partition coefficient (Wildman–Crippen LogP) is 2.00. The number of hydrogen-bond donors (Lipinski definition) is 4. The summed E-state index contributed by atoms with van der Waals surface area (Å²) in [7, 11) is 0. The second kappa shape index (κ2) is 7.61. The number of piperazine rings is 1. The van der Waals surface area contributed by atoms with Crippen molar-refractivity contribution in [1.29, 1.82) is 0 Å². The quantitative estimate of drug-likeness (QED) is 0.455. The van der Waals surface area contributed by atoms with Gasteiger partial charge in [0.25, 0.3) is 11.8 Å². The number of anilines is 2. The first-order valence-corrected chi connectivity index (χ1v) is 10.1. The van der Waals surface area contributed by atoms with Crippen LogP contribution in [-0.2, 0) is 4.79 Å². The van der Waals surface area contributed by atoms with Gasteiger partial charge >= 0.3 is 0 Å². The Morgan fingerprint density at radius 2 is 1.62 bits per heavy atom. The lowest BCUT2D eigenvalue weighted by Crippen LogP contribution is -2.53. The highest BCUT2D eigenvalue weighted by molar-refractivity contribution is 7.81. The number of carbonyl (C=O) groups excluding carboxylic acids is 2. The minimum absolute atomic E-state index is 0.0625. The molecule has 0 bridgehead atoms. The van der Waals surface area contributed by atoms with Crippen molar-refractivity contribution in [3.8, 4) is 11.1 Å². The van der Waals surface area contributed by atoms with E-state index in [9.17, 15) is 14.7 Å². The van der Waals surface area contributed by atoms with E-state index in [0.29, 0.717) is 50.3 Å². The molecule has 2 aromatic carbocycles. The lowest BCUT2D eigenvalue weighted by molar-refractivity contribution is -0.143. The summed E-state index contributed by atoms with van der Waals surface area (Å²) >= 11 is 4.06. The minimum atomic E-state index is -1.15. The molecule has 2 fully saturated rings. The molecule has 8 heteroatoms. The third-order valence-corrected chi connectivity index (χ3v) is 5.89. The highest BCUT2D eigenvalue weighted by Gasteiger charge is 2.50. The Hall–Kier alpha value is -2.71. The Labute approximate surface area is 175 Å². The van der Waals surface area contributed by atoms with Crippen LogP contribution in [0.5, 0.6) is 0 Å². The molecule has 29 heavy (non-hydrogen) atoms. The Morgan fingerprint density at radius 3 is 2.21 bits per heavy atom. The van der Waals surface area contributed by atoms with Crippen molar-refractivity contribution in [3.05, 3.63) is 48.0 Å². The number of hydrogen-bond acceptors (Lipinski definition) is 6. The zero-order chi connectivity index (χ0) is 20.6. The average molecular weight is 413 g/mol. The molecule has 0 spiro atoms. The van der Waals surface area contributed by atoms with Crippen molar-refractivity contribution in [1.82, 2.24) is 9.80 Å². The van der Waals surface area contributed by atoms with Crippen molar-refractivity contribution < 1.29 is 14.7 Å². The number of rotatable bonds is 4. The van der Waals surface area contributed by atoms with Crippen molar-refractivity contribution in [3.63, 3.8) is 0 Å². The maximum Gasteiger partial charge on any atom is 0.254 e. The molecule has 1 aliphatic heterocycles. The second-order valence-electron chi connectivity index (χ2n) is 7.57. The lowest BCUT2D eigenvalue weighted by atomic mass is 10.0. The van der Waals surface area contributed by atoms with Gasteiger partial charge in [-0.2, -0.15) is 0 Å². The van der Waals surface area contributed by atoms with Crippen LogP contribution in [0.3, 0.4) is 0 Å². The largest absolute Gasteiger partial charge is 0.397 e. The minimum Gasteiger partial charge on any atom is -0.397 e. The third kappa shape index (κ3) is 3.77. The van der Waals surface area contributed by atoms with Gasteiger partial charge in [0.1, 0.15) is 5.60 Å². The number of benzene rings is 2. The Bertz CT molecular complexity index is 935. The van der Waals surface area contributed by atoms with E-state index in [-0.39, 0.29) is 11.8 Å². The SMILES string of the molecule is Nc1c(NS)cccc1-c1ccc(C(=O)N2CCN(C(=O)C3(O)CC3)CC2)cc1. The Kier molecular flexibility index (Phi) is 5.14. The fourth-order valence-electron chi connectivity index (χ4n) is 3.63. The summed E-state index contributed by atoms with van der Waals surface area (Å²) in [6.07, 6.45) is 1.07. The fourth-order valence-corrected chi connectivity index (χ4v) is 3.82. The van der Waals surface area contributed by atoms with Crippen LogP contribution in [-0.4, -0.2) is 58.5 Å². The topological polar surface area (TPSA) is 98.9 Å². The van der Waals surface area contributed by atoms with E-state index in [0.717, 1.165) is 16.8 Å². The molecule has 1 saturated carbocycles. The fraction of sp³-hybridized carbons (Fsp3) is 0.333. The number of nitrogens with two attached hydrogens (primary N) is 1. The molecule has 0 unspecified atom stereocenters. The van der Waals surface area contributed by atoms with E-state index in [1.54, 1.807) is 21.9 Å². The maximum absolute atomic E-state index is 12.8. The monoisotopic (exact) mass is 412 g/mol. The Morgan fingerprint density at radius 1 is 1.00 bits per heavy atom. The van der Waals surface area contributed by atoms with Crippen LogP contribution in [0.15, 0.2) is 42.5 Å². The number of aliphatic hydroxyl groups is 1. The maximum atomic E-state index is 12.8. The van der Waals surface area contributed by atoms with E-state index in [4.69, 9.17) is 5.73 Å². The number of nitrogens with one attached hydrogen (secondary N) is 1. The first-order valence-electron chi connectivity index (χ1n) is 9.63. The van der Waals surface area contributed by atoms with Crippen LogP contribution in [0.4, 0.5) is 11.4 Å². The van der Waals surface area contributed by atoms with Gasteiger partial charge < -0.3 is 25.4 Å². The number of para-hydroxylation sites is 1. The molecule has 1 saturated heterocycles. The highest BCUT2D eigenvalue weighted by Crippen LogP contribution is 2.37. The molecule has 0 atom stereocenters. The van der Waals surface area contributed by atoms with Crippen LogP contribution < -0.4 is 10.5 Å². The van der Waals surface area contributed by atoms with Gasteiger partial charge in [-0.25, -0.2) is 0 Å². The van der Waals surface area contributed by atoms with Gasteiger partial charge in [0.15, 0.2) is 0 Å². The molecule has 1 heterocycles. The number of nitrogen functional groups attached to an aromatic ring is 1. The van der Waals surface area contributed by atoms with Crippen LogP contribution in [0.1, 0.15) is 23.2 Å². The molecule has 0 radical (unpaired) electrons. The molecule has 4 rings (SSSR count). The molecule has 2 amide bonds. The molecule has 2 aromatic rings. The predicted molar refractivity (Wildman–Crippen MR) is 116 cm³/mol. The van der Waals surface area contributed by atoms with Gasteiger partial charge in [-0.3, -0.25) is 9.59 Å². The number of nitrogens with zero attached hydrogens (tertiary/aromatic N) is 2. The standard InChI is InChI=1S/C21H24N4O3S/c22-18-16(2-1-3-17(18)23-29)14-4-6-15(7-5-14)19(26)24-10-12-25(13-11-24)20(27)21(28)8-9-21/h1-7,23,28-29H,8-13,22H2. The van der Waals surface area contributed by atoms with Crippen LogP contribution in [0.25, 0.3) is 11.1 Å². The zero-order valence-electron chi connectivity index (χ0n) is 16.0. The summed E-state index contributed by atoms with van der Waals surface area (Å²) in [6.45, 7) is 1.83. The highest BCUT2D eigenvalue weighted by atomic mass is 32.1. The number of carbonyl (C=O) groups is 2. The van der Waals surface area contributed by atoms with Gasteiger partial charge in [0, 0.05) is 37.3 Å². The lowest BCUT2D eigenvalue weighted by Gasteiger charge is -2.35. The van der Waals surface area contributed by atoms with Crippen molar-refractivity contribution in [2.45, 2.75) is 18.4 Å². The molecule has 7 nitrogen and oxygen atoms in total. The van der Waals surface area contributed by atoms with E-state index in [1.807, 2.05) is 30.3 Å². The summed E-state index contributed by atoms with van der Waals surface area (Å²) in [4.78, 5) is 28.5. The van der Waals surface area contributed by atoms with Crippen LogP contribution in [0.2, 0.25) is 0 Å². The van der Waals surface area contributed by atoms with Crippen LogP contribution in [0, 0.1) is 0 Å². The summed E-state index contributed by atoms with van der Waals surface area (Å²) in [5, 5.41) is 9.99. The Balaban J connectivity index is 1.42. The van der Waals surface area contributed by atoms with Crippen molar-refractivity contribution >= 4 is 36.0 Å². The van der Waals surface area contributed by atoms with E-state index >= 15 is 0 Å². The molecule has 0 aromatic heterocycles. The average Bonchev–Trinajstić information content (AvgIpc) is 3.52. The van der Waals surface area contributed by atoms with E-state index in [2.05, 4.69) is 17.5 Å². The molecule has 2 aliphatic rings. The molecular weight excluding hydrogens is 388 g/mol. The van der Waals surface area contributed by atoms with Gasteiger partial charge in [-0.15, -0.1) is 0 Å². The van der Waals surface area contributed by atoms with Gasteiger partial charge in [-0.05, 0) is 36.6 Å². The third-order valence-electron chi connectivity index (χ3n) is 5.65. The molecule has 4 N–H and O–H groups in total. The van der Waals surface area contributed by atoms with Crippen LogP contribution >= 0.6 is 12.8 Å². The van der Waals surface area contributed by atoms with E-state index < -0.39 is 5.60 Å². The molecule has 152 valence electrons. The molecular formula is C21H24N4O3S. The van der Waals surface area contributed by atoms with Gasteiger partial charge in [0.05, 0.1) is 11.4 Å². The second-order valence-corrected chi connectivity index (χ2v) is 7.80. The van der Waals surface area contributed by atoms with Crippen molar-refractivity contribution in [2.75, 3.05) is 36.6 Å². The van der Waals surface area contributed by atoms with Gasteiger partial charge in [-0.1, -0.05) is 37.1 Å². The van der Waals surface area contributed by atoms with E-state index in [1.165, 1.54) is 0 Å². The van der Waals surface area contributed by atoms with Crippen molar-refractivity contribution in [2.24, 2.45) is 0 Å². The first kappa shape index (κ1) is 19.6. The molecule has 1 aliphatic carbocycles. The summed E-state index contributed by atoms with van der Waals surface area (Å²) in [6, 6.07) is 13.0. The summed E-state index contributed by atoms with van der Waals surface area (Å²) in [5.74, 6) is -0.267. The normalized spacial score (nSPS) is 17.7. The smallest absolute Gasteiger partial charge is 0.254 e. The van der Waals surface area contributed by atoms with Gasteiger partial charge in [0.2, 0.25) is 0 Å². The number of amides is 2. The number of thiol groups is 1. The summed E-state index contributed by atoms with van der Waals surface area (Å²) in [5.41, 5.74) is 8.73. The zero-order valence-corrected chi connectivity index (χ0v) is 16.9. The summed E-state index contributed by atoms with van der Waals surface area (Å²) < 4.78 is 2.77. The first-order chi connectivity index (χ1) is 13.9.